The molecule has 3 rings (SSSR count). The Kier molecular flexibility index (Phi) is 6.71. The zero-order valence-electron chi connectivity index (χ0n) is 17.6. The van der Waals surface area contributed by atoms with E-state index < -0.39 is 0 Å². The predicted octanol–water partition coefficient (Wildman–Crippen LogP) is 6.61. The summed E-state index contributed by atoms with van der Waals surface area (Å²) in [6.45, 7) is 8.54. The second-order valence-corrected chi connectivity index (χ2v) is 8.02. The van der Waals surface area contributed by atoms with Gasteiger partial charge in [0, 0.05) is 5.56 Å². The first kappa shape index (κ1) is 20.7. The zero-order chi connectivity index (χ0) is 20.8. The molecule has 0 aliphatic heterocycles. The molecule has 0 saturated heterocycles. The number of carbonyl (C=O) groups is 1. The fraction of sp³-hybridized carbons (Fsp3) is 0.269. The SMILES string of the molecule is Cc1cc(C)cc([C@@H](CC(C)C)NC(=O)c2cccc(Oc3ccccc3)c2)c1. The van der Waals surface area contributed by atoms with Gasteiger partial charge in [0.05, 0.1) is 6.04 Å². The first-order valence-electron chi connectivity index (χ1n) is 10.1. The molecule has 0 saturated carbocycles. The summed E-state index contributed by atoms with van der Waals surface area (Å²) >= 11 is 0. The number of hydrogen-bond acceptors (Lipinski definition) is 2. The topological polar surface area (TPSA) is 38.3 Å². The maximum absolute atomic E-state index is 13.0. The molecule has 1 amide bonds. The number of ether oxygens (including phenoxy) is 1. The van der Waals surface area contributed by atoms with Crippen LogP contribution in [-0.2, 0) is 0 Å². The summed E-state index contributed by atoms with van der Waals surface area (Å²) < 4.78 is 5.87. The van der Waals surface area contributed by atoms with Crippen molar-refractivity contribution >= 4 is 5.91 Å². The molecule has 3 aromatic rings. The first-order valence-corrected chi connectivity index (χ1v) is 10.1. The molecule has 0 heterocycles. The largest absolute Gasteiger partial charge is 0.457 e. The smallest absolute Gasteiger partial charge is 0.251 e. The first-order chi connectivity index (χ1) is 13.9. The van der Waals surface area contributed by atoms with Crippen molar-refractivity contribution in [2.45, 2.75) is 40.2 Å². The Hall–Kier alpha value is -3.07. The van der Waals surface area contributed by atoms with Gasteiger partial charge in [-0.2, -0.15) is 0 Å². The van der Waals surface area contributed by atoms with Gasteiger partial charge in [0.25, 0.3) is 5.91 Å². The molecule has 0 bridgehead atoms. The minimum Gasteiger partial charge on any atom is -0.457 e. The summed E-state index contributed by atoms with van der Waals surface area (Å²) in [6.07, 6.45) is 0.884. The van der Waals surface area contributed by atoms with Crippen LogP contribution in [0.1, 0.15) is 53.4 Å². The molecule has 3 heteroatoms. The van der Waals surface area contributed by atoms with Gasteiger partial charge >= 0.3 is 0 Å². The number of hydrogen-bond donors (Lipinski definition) is 1. The van der Waals surface area contributed by atoms with Gasteiger partial charge in [-0.25, -0.2) is 0 Å². The van der Waals surface area contributed by atoms with Crippen LogP contribution in [0, 0.1) is 19.8 Å². The lowest BCUT2D eigenvalue weighted by atomic mass is 9.94. The quantitative estimate of drug-likeness (QED) is 0.495. The highest BCUT2D eigenvalue weighted by Crippen LogP contribution is 2.25. The molecule has 29 heavy (non-hydrogen) atoms. The third kappa shape index (κ3) is 5.95. The third-order valence-electron chi connectivity index (χ3n) is 4.73. The van der Waals surface area contributed by atoms with Crippen LogP contribution in [0.25, 0.3) is 0 Å². The van der Waals surface area contributed by atoms with E-state index in [1.807, 2.05) is 48.5 Å². The van der Waals surface area contributed by atoms with Gasteiger partial charge < -0.3 is 10.1 Å². The molecule has 0 aromatic heterocycles. The fourth-order valence-corrected chi connectivity index (χ4v) is 3.53. The van der Waals surface area contributed by atoms with Crippen molar-refractivity contribution in [1.29, 1.82) is 0 Å². The van der Waals surface area contributed by atoms with Gasteiger partial charge in [0.1, 0.15) is 11.5 Å². The molecule has 0 aliphatic carbocycles. The van der Waals surface area contributed by atoms with Gasteiger partial charge in [0.15, 0.2) is 0 Å². The Morgan fingerprint density at radius 3 is 2.17 bits per heavy atom. The monoisotopic (exact) mass is 387 g/mol. The molecular formula is C26H29NO2. The van der Waals surface area contributed by atoms with Crippen LogP contribution >= 0.6 is 0 Å². The number of nitrogens with one attached hydrogen (secondary N) is 1. The average Bonchev–Trinajstić information content (AvgIpc) is 2.67. The minimum absolute atomic E-state index is 0.0280. The van der Waals surface area contributed by atoms with Gasteiger partial charge in [-0.3, -0.25) is 4.79 Å². The Labute approximate surface area is 173 Å². The van der Waals surface area contributed by atoms with Crippen LogP contribution in [0.2, 0.25) is 0 Å². The third-order valence-corrected chi connectivity index (χ3v) is 4.73. The van der Waals surface area contributed by atoms with E-state index in [0.29, 0.717) is 17.2 Å². The molecule has 0 radical (unpaired) electrons. The molecule has 150 valence electrons. The predicted molar refractivity (Wildman–Crippen MR) is 119 cm³/mol. The van der Waals surface area contributed by atoms with Crippen molar-refractivity contribution in [2.75, 3.05) is 0 Å². The van der Waals surface area contributed by atoms with E-state index >= 15 is 0 Å². The van der Waals surface area contributed by atoms with E-state index in [2.05, 4.69) is 51.2 Å². The highest BCUT2D eigenvalue weighted by atomic mass is 16.5. The van der Waals surface area contributed by atoms with Gasteiger partial charge in [-0.05, 0) is 62.1 Å². The van der Waals surface area contributed by atoms with Crippen molar-refractivity contribution in [2.24, 2.45) is 5.92 Å². The van der Waals surface area contributed by atoms with E-state index in [4.69, 9.17) is 4.74 Å². The van der Waals surface area contributed by atoms with Crippen LogP contribution in [0.5, 0.6) is 11.5 Å². The normalized spacial score (nSPS) is 11.9. The molecular weight excluding hydrogens is 358 g/mol. The Morgan fingerprint density at radius 1 is 0.862 bits per heavy atom. The number of aryl methyl sites for hydroxylation is 2. The van der Waals surface area contributed by atoms with Gasteiger partial charge in [0.2, 0.25) is 0 Å². The van der Waals surface area contributed by atoms with E-state index in [-0.39, 0.29) is 11.9 Å². The number of carbonyl (C=O) groups excluding carboxylic acids is 1. The highest BCUT2D eigenvalue weighted by Gasteiger charge is 2.18. The second-order valence-electron chi connectivity index (χ2n) is 8.02. The molecule has 0 spiro atoms. The molecule has 3 nitrogen and oxygen atoms in total. The van der Waals surface area contributed by atoms with Crippen molar-refractivity contribution in [3.63, 3.8) is 0 Å². The van der Waals surface area contributed by atoms with Crippen molar-refractivity contribution in [3.05, 3.63) is 95.1 Å². The average molecular weight is 388 g/mol. The maximum Gasteiger partial charge on any atom is 0.251 e. The van der Waals surface area contributed by atoms with Gasteiger partial charge in [-0.1, -0.05) is 67.4 Å². The fourth-order valence-electron chi connectivity index (χ4n) is 3.53. The van der Waals surface area contributed by atoms with E-state index in [1.165, 1.54) is 11.1 Å². The lowest BCUT2D eigenvalue weighted by Crippen LogP contribution is -2.29. The maximum atomic E-state index is 13.0. The van der Waals surface area contributed by atoms with Crippen molar-refractivity contribution < 1.29 is 9.53 Å². The Bertz CT molecular complexity index is 943. The van der Waals surface area contributed by atoms with Crippen LogP contribution in [0.4, 0.5) is 0 Å². The van der Waals surface area contributed by atoms with Gasteiger partial charge in [-0.15, -0.1) is 0 Å². The van der Waals surface area contributed by atoms with E-state index in [1.54, 1.807) is 6.07 Å². The molecule has 1 atom stereocenters. The zero-order valence-corrected chi connectivity index (χ0v) is 17.6. The molecule has 0 unspecified atom stereocenters. The lowest BCUT2D eigenvalue weighted by Gasteiger charge is -2.22. The van der Waals surface area contributed by atoms with E-state index in [9.17, 15) is 4.79 Å². The van der Waals surface area contributed by atoms with Crippen LogP contribution in [0.15, 0.2) is 72.8 Å². The highest BCUT2D eigenvalue weighted by molar-refractivity contribution is 5.94. The molecule has 0 aliphatic rings. The number of benzene rings is 3. The van der Waals surface area contributed by atoms with E-state index in [0.717, 1.165) is 17.7 Å². The lowest BCUT2D eigenvalue weighted by molar-refractivity contribution is 0.0931. The standard InChI is InChI=1S/C26H29NO2/c1-18(2)13-25(22-15-19(3)14-20(4)16-22)27-26(28)21-9-8-12-24(17-21)29-23-10-6-5-7-11-23/h5-12,14-18,25H,13H2,1-4H3,(H,27,28)/t25-/m1/s1. The van der Waals surface area contributed by atoms with Crippen LogP contribution < -0.4 is 10.1 Å². The number of amides is 1. The summed E-state index contributed by atoms with van der Waals surface area (Å²) in [7, 11) is 0. The molecule has 3 aromatic carbocycles. The summed E-state index contributed by atoms with van der Waals surface area (Å²) in [6, 6.07) is 23.3. The number of rotatable bonds is 7. The van der Waals surface area contributed by atoms with Crippen molar-refractivity contribution in [1.82, 2.24) is 5.32 Å². The Balaban J connectivity index is 1.79. The molecule has 0 fully saturated rings. The molecule has 1 N–H and O–H groups in total. The number of para-hydroxylation sites is 1. The van der Waals surface area contributed by atoms with Crippen LogP contribution in [0.3, 0.4) is 0 Å². The Morgan fingerprint density at radius 2 is 1.52 bits per heavy atom. The summed E-state index contributed by atoms with van der Waals surface area (Å²) in [5, 5.41) is 3.23. The second kappa shape index (κ2) is 9.42. The minimum atomic E-state index is -0.0895. The summed E-state index contributed by atoms with van der Waals surface area (Å²) in [4.78, 5) is 13.0. The van der Waals surface area contributed by atoms with Crippen LogP contribution in [-0.4, -0.2) is 5.91 Å². The van der Waals surface area contributed by atoms with Crippen molar-refractivity contribution in [3.8, 4) is 11.5 Å². The summed E-state index contributed by atoms with van der Waals surface area (Å²) in [5.74, 6) is 1.77. The summed E-state index contributed by atoms with van der Waals surface area (Å²) in [5.41, 5.74) is 4.17.